The van der Waals surface area contributed by atoms with Crippen LogP contribution in [-0.4, -0.2) is 18.1 Å². The van der Waals surface area contributed by atoms with Crippen LogP contribution in [0.3, 0.4) is 0 Å². The quantitative estimate of drug-likeness (QED) is 0.684. The zero-order valence-electron chi connectivity index (χ0n) is 8.10. The summed E-state index contributed by atoms with van der Waals surface area (Å²) >= 11 is 5.88. The minimum absolute atomic E-state index is 0.254. The number of hydrogen-bond donors (Lipinski definition) is 3. The van der Waals surface area contributed by atoms with Gasteiger partial charge >= 0.3 is 6.03 Å². The van der Waals surface area contributed by atoms with Gasteiger partial charge in [-0.05, 0) is 18.2 Å². The van der Waals surface area contributed by atoms with Crippen molar-refractivity contribution in [1.29, 1.82) is 0 Å². The molecule has 1 aromatic carbocycles. The summed E-state index contributed by atoms with van der Waals surface area (Å²) in [5, 5.41) is 6.72. The Bertz CT molecular complexity index is 506. The van der Waals surface area contributed by atoms with Crippen LogP contribution in [0.15, 0.2) is 24.4 Å². The number of benzene rings is 1. The first-order valence-corrected chi connectivity index (χ1v) is 4.84. The molecule has 3 N–H and O–H groups in total. The largest absolute Gasteiger partial charge is 0.359 e. The predicted octanol–water partition coefficient (Wildman–Crippen LogP) is 2.57. The van der Waals surface area contributed by atoms with Gasteiger partial charge < -0.3 is 15.6 Å². The molecule has 5 heteroatoms. The number of H-pyrrole nitrogens is 1. The number of anilines is 1. The normalized spacial score (nSPS) is 10.3. The van der Waals surface area contributed by atoms with Gasteiger partial charge in [-0.3, -0.25) is 0 Å². The minimum Gasteiger partial charge on any atom is -0.359 e. The number of hydrogen-bond acceptors (Lipinski definition) is 1. The molecule has 0 saturated heterocycles. The topological polar surface area (TPSA) is 56.9 Å². The van der Waals surface area contributed by atoms with Crippen molar-refractivity contribution in [3.05, 3.63) is 29.4 Å². The van der Waals surface area contributed by atoms with Crippen LogP contribution in [0.1, 0.15) is 0 Å². The van der Waals surface area contributed by atoms with E-state index in [4.69, 9.17) is 11.6 Å². The predicted molar refractivity (Wildman–Crippen MR) is 61.4 cm³/mol. The lowest BCUT2D eigenvalue weighted by Crippen LogP contribution is -2.24. The Hall–Kier alpha value is -1.68. The van der Waals surface area contributed by atoms with Crippen LogP contribution in [0, 0.1) is 0 Å². The Kier molecular flexibility index (Phi) is 2.51. The number of aromatic nitrogens is 1. The zero-order chi connectivity index (χ0) is 10.8. The van der Waals surface area contributed by atoms with E-state index in [9.17, 15) is 4.79 Å². The molecule has 2 rings (SSSR count). The number of halogens is 1. The SMILES string of the molecule is CNC(=O)Nc1c[nH]c2ccc(Cl)cc12. The van der Waals surface area contributed by atoms with Crippen molar-refractivity contribution < 1.29 is 4.79 Å². The molecule has 0 fully saturated rings. The van der Waals surface area contributed by atoms with Crippen LogP contribution >= 0.6 is 11.6 Å². The molecule has 0 bridgehead atoms. The first-order chi connectivity index (χ1) is 7.20. The monoisotopic (exact) mass is 223 g/mol. The van der Waals surface area contributed by atoms with Gasteiger partial charge in [0.2, 0.25) is 0 Å². The molecule has 2 aromatic rings. The molecule has 0 aliphatic heterocycles. The first-order valence-electron chi connectivity index (χ1n) is 4.46. The second-order valence-corrected chi connectivity index (χ2v) is 3.53. The summed E-state index contributed by atoms with van der Waals surface area (Å²) in [5.41, 5.74) is 1.65. The fourth-order valence-corrected chi connectivity index (χ4v) is 1.55. The summed E-state index contributed by atoms with van der Waals surface area (Å²) in [6.07, 6.45) is 1.73. The third-order valence-electron chi connectivity index (χ3n) is 2.12. The molecule has 0 saturated carbocycles. The van der Waals surface area contributed by atoms with E-state index in [-0.39, 0.29) is 6.03 Å². The molecular weight excluding hydrogens is 214 g/mol. The second-order valence-electron chi connectivity index (χ2n) is 3.10. The van der Waals surface area contributed by atoms with E-state index in [2.05, 4.69) is 15.6 Å². The summed E-state index contributed by atoms with van der Waals surface area (Å²) in [6.45, 7) is 0. The third kappa shape index (κ3) is 1.89. The molecule has 0 spiro atoms. The average Bonchev–Trinajstić information content (AvgIpc) is 2.61. The molecule has 0 unspecified atom stereocenters. The molecule has 1 heterocycles. The molecule has 78 valence electrons. The van der Waals surface area contributed by atoms with Crippen LogP contribution in [0.2, 0.25) is 5.02 Å². The molecule has 0 radical (unpaired) electrons. The fraction of sp³-hybridized carbons (Fsp3) is 0.100. The van der Waals surface area contributed by atoms with Gasteiger partial charge in [0.25, 0.3) is 0 Å². The lowest BCUT2D eigenvalue weighted by atomic mass is 10.2. The Labute approximate surface area is 91.6 Å². The van der Waals surface area contributed by atoms with Crippen molar-refractivity contribution in [2.45, 2.75) is 0 Å². The molecule has 1 aromatic heterocycles. The van der Waals surface area contributed by atoms with Crippen LogP contribution in [0.4, 0.5) is 10.5 Å². The van der Waals surface area contributed by atoms with E-state index in [1.807, 2.05) is 6.07 Å². The van der Waals surface area contributed by atoms with E-state index in [1.54, 1.807) is 25.4 Å². The average molecular weight is 224 g/mol. The summed E-state index contributed by atoms with van der Waals surface area (Å²) in [4.78, 5) is 14.2. The van der Waals surface area contributed by atoms with Gasteiger partial charge in [-0.1, -0.05) is 11.6 Å². The number of carbonyl (C=O) groups excluding carboxylic acids is 1. The number of carbonyl (C=O) groups is 1. The maximum absolute atomic E-state index is 11.1. The van der Waals surface area contributed by atoms with E-state index in [0.717, 1.165) is 10.9 Å². The maximum Gasteiger partial charge on any atom is 0.319 e. The van der Waals surface area contributed by atoms with Gasteiger partial charge in [0.15, 0.2) is 0 Å². The smallest absolute Gasteiger partial charge is 0.319 e. The van der Waals surface area contributed by atoms with Crippen molar-refractivity contribution in [3.63, 3.8) is 0 Å². The van der Waals surface area contributed by atoms with E-state index >= 15 is 0 Å². The highest BCUT2D eigenvalue weighted by atomic mass is 35.5. The van der Waals surface area contributed by atoms with Crippen LogP contribution in [0.5, 0.6) is 0 Å². The van der Waals surface area contributed by atoms with Crippen molar-refractivity contribution in [1.82, 2.24) is 10.3 Å². The zero-order valence-corrected chi connectivity index (χ0v) is 8.85. The van der Waals surface area contributed by atoms with E-state index in [1.165, 1.54) is 0 Å². The van der Waals surface area contributed by atoms with Crippen molar-refractivity contribution in [3.8, 4) is 0 Å². The van der Waals surface area contributed by atoms with E-state index < -0.39 is 0 Å². The number of fused-ring (bicyclic) bond motifs is 1. The number of aromatic amines is 1. The first kappa shape index (κ1) is 9.86. The molecule has 0 atom stereocenters. The third-order valence-corrected chi connectivity index (χ3v) is 2.35. The van der Waals surface area contributed by atoms with Gasteiger partial charge in [-0.15, -0.1) is 0 Å². The van der Waals surface area contributed by atoms with Crippen LogP contribution in [-0.2, 0) is 0 Å². The van der Waals surface area contributed by atoms with Crippen LogP contribution in [0.25, 0.3) is 10.9 Å². The standard InChI is InChI=1S/C10H10ClN3O/c1-12-10(15)14-9-5-13-8-3-2-6(11)4-7(8)9/h2-5,13H,1H3,(H2,12,14,15). The summed E-state index contributed by atoms with van der Waals surface area (Å²) in [6, 6.07) is 5.21. The van der Waals surface area contributed by atoms with Gasteiger partial charge in [-0.2, -0.15) is 0 Å². The number of urea groups is 1. The lowest BCUT2D eigenvalue weighted by Gasteiger charge is -2.01. The molecule has 0 aliphatic carbocycles. The molecule has 0 aliphatic rings. The molecular formula is C10H10ClN3O. The molecule has 4 nitrogen and oxygen atoms in total. The van der Waals surface area contributed by atoms with Gasteiger partial charge in [0.1, 0.15) is 0 Å². The number of rotatable bonds is 1. The van der Waals surface area contributed by atoms with Gasteiger partial charge in [0, 0.05) is 29.2 Å². The van der Waals surface area contributed by atoms with E-state index in [0.29, 0.717) is 10.7 Å². The number of amides is 2. The summed E-state index contributed by atoms with van der Waals surface area (Å²) in [5.74, 6) is 0. The minimum atomic E-state index is -0.254. The van der Waals surface area contributed by atoms with Crippen molar-refractivity contribution in [2.24, 2.45) is 0 Å². The second kappa shape index (κ2) is 3.82. The molecule has 15 heavy (non-hydrogen) atoms. The van der Waals surface area contributed by atoms with Gasteiger partial charge in [-0.25, -0.2) is 4.79 Å². The lowest BCUT2D eigenvalue weighted by molar-refractivity contribution is 0.254. The highest BCUT2D eigenvalue weighted by Crippen LogP contribution is 2.25. The highest BCUT2D eigenvalue weighted by molar-refractivity contribution is 6.31. The highest BCUT2D eigenvalue weighted by Gasteiger charge is 2.06. The van der Waals surface area contributed by atoms with Crippen molar-refractivity contribution >= 4 is 34.2 Å². The Morgan fingerprint density at radius 2 is 2.27 bits per heavy atom. The Balaban J connectivity index is 2.43. The summed E-state index contributed by atoms with van der Waals surface area (Å²) < 4.78 is 0. The number of nitrogens with one attached hydrogen (secondary N) is 3. The Morgan fingerprint density at radius 1 is 1.47 bits per heavy atom. The maximum atomic E-state index is 11.1. The van der Waals surface area contributed by atoms with Crippen molar-refractivity contribution in [2.75, 3.05) is 12.4 Å². The Morgan fingerprint density at radius 3 is 3.00 bits per heavy atom. The van der Waals surface area contributed by atoms with Gasteiger partial charge in [0.05, 0.1) is 5.69 Å². The summed E-state index contributed by atoms with van der Waals surface area (Å²) in [7, 11) is 1.57. The van der Waals surface area contributed by atoms with Crippen LogP contribution < -0.4 is 10.6 Å². The fourth-order valence-electron chi connectivity index (χ4n) is 1.38. The molecule has 2 amide bonds.